The van der Waals surface area contributed by atoms with Crippen molar-refractivity contribution in [2.45, 2.75) is 18.6 Å². The minimum Gasteiger partial charge on any atom is -0.481 e. The van der Waals surface area contributed by atoms with E-state index in [-0.39, 0.29) is 10.7 Å². The molecule has 0 aliphatic rings. The lowest BCUT2D eigenvalue weighted by Gasteiger charge is -2.17. The van der Waals surface area contributed by atoms with Crippen LogP contribution in [0.25, 0.3) is 10.9 Å². The van der Waals surface area contributed by atoms with Gasteiger partial charge in [0, 0.05) is 10.9 Å². The highest BCUT2D eigenvalue weighted by atomic mass is 35.5. The van der Waals surface area contributed by atoms with E-state index >= 15 is 0 Å². The zero-order valence-corrected chi connectivity index (χ0v) is 10.6. The molecule has 0 spiro atoms. The molecule has 0 aliphatic carbocycles. The van der Waals surface area contributed by atoms with Crippen molar-refractivity contribution in [2.75, 3.05) is 0 Å². The summed E-state index contributed by atoms with van der Waals surface area (Å²) in [6.07, 6.45) is -3.39. The number of hydrogen-bond donors (Lipinski definition) is 3. The maximum absolute atomic E-state index is 10.5. The van der Waals surface area contributed by atoms with Crippen LogP contribution in [-0.4, -0.2) is 32.4 Å². The zero-order valence-electron chi connectivity index (χ0n) is 9.82. The summed E-state index contributed by atoms with van der Waals surface area (Å²) >= 11 is 5.95. The number of fused-ring (bicyclic) bond motifs is 1. The van der Waals surface area contributed by atoms with Gasteiger partial charge in [-0.25, -0.2) is 4.98 Å². The molecule has 2 aromatic rings. The Balaban J connectivity index is 2.38. The summed E-state index contributed by atoms with van der Waals surface area (Å²) in [7, 11) is 0. The fourth-order valence-corrected chi connectivity index (χ4v) is 2.07. The maximum Gasteiger partial charge on any atom is 0.306 e. The molecule has 0 radical (unpaired) electrons. The summed E-state index contributed by atoms with van der Waals surface area (Å²) in [4.78, 5) is 14.6. The van der Waals surface area contributed by atoms with Crippen LogP contribution in [0.5, 0.6) is 0 Å². The Morgan fingerprint density at radius 2 is 2.00 bits per heavy atom. The smallest absolute Gasteiger partial charge is 0.306 e. The maximum atomic E-state index is 10.5. The van der Waals surface area contributed by atoms with E-state index in [0.29, 0.717) is 5.52 Å². The van der Waals surface area contributed by atoms with Gasteiger partial charge in [0.2, 0.25) is 0 Å². The standard InChI is InChI=1S/C13H12ClNO4/c14-13-8(12(19)10(16)6-11(17)18)5-7-3-1-2-4-9(7)15-13/h1-5,10,12,16,19H,6H2,(H,17,18). The first-order chi connectivity index (χ1) is 8.99. The van der Waals surface area contributed by atoms with Crippen LogP contribution in [0.3, 0.4) is 0 Å². The third kappa shape index (κ3) is 3.01. The van der Waals surface area contributed by atoms with Gasteiger partial charge < -0.3 is 15.3 Å². The lowest BCUT2D eigenvalue weighted by Crippen LogP contribution is -2.22. The van der Waals surface area contributed by atoms with Gasteiger partial charge in [-0.05, 0) is 12.1 Å². The first-order valence-corrected chi connectivity index (χ1v) is 6.00. The van der Waals surface area contributed by atoms with E-state index in [1.807, 2.05) is 6.07 Å². The summed E-state index contributed by atoms with van der Waals surface area (Å²) in [6.45, 7) is 0. The summed E-state index contributed by atoms with van der Waals surface area (Å²) < 4.78 is 0. The van der Waals surface area contributed by atoms with Gasteiger partial charge in [-0.1, -0.05) is 29.8 Å². The predicted molar refractivity (Wildman–Crippen MR) is 70.0 cm³/mol. The number of benzene rings is 1. The normalized spacial score (nSPS) is 14.3. The second kappa shape index (κ2) is 5.52. The molecule has 0 aliphatic heterocycles. The van der Waals surface area contributed by atoms with Crippen molar-refractivity contribution in [3.63, 3.8) is 0 Å². The van der Waals surface area contributed by atoms with Crippen molar-refractivity contribution in [2.24, 2.45) is 0 Å². The van der Waals surface area contributed by atoms with E-state index in [2.05, 4.69) is 4.98 Å². The molecule has 0 amide bonds. The van der Waals surface area contributed by atoms with Gasteiger partial charge in [-0.2, -0.15) is 0 Å². The van der Waals surface area contributed by atoms with E-state index < -0.39 is 24.6 Å². The van der Waals surface area contributed by atoms with Crippen molar-refractivity contribution < 1.29 is 20.1 Å². The molecule has 0 bridgehead atoms. The number of carbonyl (C=O) groups is 1. The van der Waals surface area contributed by atoms with E-state index in [1.165, 1.54) is 0 Å². The minimum atomic E-state index is -1.43. The molecule has 5 nitrogen and oxygen atoms in total. The summed E-state index contributed by atoms with van der Waals surface area (Å²) in [5.41, 5.74) is 0.880. The highest BCUT2D eigenvalue weighted by Gasteiger charge is 2.24. The number of carboxylic acid groups (broad SMARTS) is 1. The topological polar surface area (TPSA) is 90.7 Å². The number of hydrogen-bond acceptors (Lipinski definition) is 4. The number of nitrogens with zero attached hydrogens (tertiary/aromatic N) is 1. The molecule has 0 saturated carbocycles. The van der Waals surface area contributed by atoms with Gasteiger partial charge >= 0.3 is 5.97 Å². The third-order valence-corrected chi connectivity index (χ3v) is 3.07. The Hall–Kier alpha value is -1.69. The molecule has 1 aromatic heterocycles. The van der Waals surface area contributed by atoms with Crippen LogP contribution in [-0.2, 0) is 4.79 Å². The monoisotopic (exact) mass is 281 g/mol. The van der Waals surface area contributed by atoms with Crippen molar-refractivity contribution >= 4 is 28.5 Å². The average molecular weight is 282 g/mol. The van der Waals surface area contributed by atoms with Gasteiger partial charge in [-0.3, -0.25) is 4.79 Å². The van der Waals surface area contributed by atoms with E-state index in [1.54, 1.807) is 24.3 Å². The molecular formula is C13H12ClNO4. The first-order valence-electron chi connectivity index (χ1n) is 5.62. The lowest BCUT2D eigenvalue weighted by molar-refractivity contribution is -0.141. The Morgan fingerprint density at radius 3 is 2.68 bits per heavy atom. The number of rotatable bonds is 4. The van der Waals surface area contributed by atoms with E-state index in [9.17, 15) is 15.0 Å². The van der Waals surface area contributed by atoms with Crippen LogP contribution in [0.1, 0.15) is 18.1 Å². The predicted octanol–water partition coefficient (Wildman–Crippen LogP) is 1.76. The number of aliphatic hydroxyl groups excluding tert-OH is 2. The Kier molecular flexibility index (Phi) is 3.99. The average Bonchev–Trinajstić information content (AvgIpc) is 2.36. The molecule has 2 unspecified atom stereocenters. The molecule has 3 N–H and O–H groups in total. The Bertz CT molecular complexity index is 617. The van der Waals surface area contributed by atoms with Crippen molar-refractivity contribution in [3.8, 4) is 0 Å². The molecule has 0 fully saturated rings. The quantitative estimate of drug-likeness (QED) is 0.743. The van der Waals surface area contributed by atoms with Crippen LogP contribution in [0.2, 0.25) is 5.15 Å². The van der Waals surface area contributed by atoms with Gasteiger partial charge in [0.15, 0.2) is 0 Å². The van der Waals surface area contributed by atoms with E-state index in [4.69, 9.17) is 16.7 Å². The number of pyridine rings is 1. The molecule has 1 heterocycles. The van der Waals surface area contributed by atoms with Crippen LogP contribution in [0, 0.1) is 0 Å². The number of aromatic nitrogens is 1. The number of aliphatic carboxylic acids is 1. The molecular weight excluding hydrogens is 270 g/mol. The third-order valence-electron chi connectivity index (χ3n) is 2.77. The fourth-order valence-electron chi connectivity index (χ4n) is 1.81. The van der Waals surface area contributed by atoms with Crippen molar-refractivity contribution in [1.82, 2.24) is 4.98 Å². The van der Waals surface area contributed by atoms with Crippen LogP contribution in [0.15, 0.2) is 30.3 Å². The van der Waals surface area contributed by atoms with Crippen molar-refractivity contribution in [1.29, 1.82) is 0 Å². The molecule has 2 rings (SSSR count). The minimum absolute atomic E-state index is 0.0515. The second-order valence-electron chi connectivity index (χ2n) is 4.17. The fraction of sp³-hybridized carbons (Fsp3) is 0.231. The van der Waals surface area contributed by atoms with Gasteiger partial charge in [-0.15, -0.1) is 0 Å². The SMILES string of the molecule is O=C(O)CC(O)C(O)c1cc2ccccc2nc1Cl. The summed E-state index contributed by atoms with van der Waals surface area (Å²) in [6, 6.07) is 8.77. The Labute approximate surface area is 114 Å². The van der Waals surface area contributed by atoms with E-state index in [0.717, 1.165) is 5.39 Å². The highest BCUT2D eigenvalue weighted by molar-refractivity contribution is 6.30. The van der Waals surface area contributed by atoms with Crippen LogP contribution >= 0.6 is 11.6 Å². The molecule has 1 aromatic carbocycles. The summed E-state index contributed by atoms with van der Waals surface area (Å²) in [5, 5.41) is 29.0. The molecule has 6 heteroatoms. The van der Waals surface area contributed by atoms with Gasteiger partial charge in [0.05, 0.1) is 18.0 Å². The molecule has 2 atom stereocenters. The molecule has 19 heavy (non-hydrogen) atoms. The number of para-hydroxylation sites is 1. The second-order valence-corrected chi connectivity index (χ2v) is 4.53. The number of halogens is 1. The number of aliphatic hydroxyl groups is 2. The zero-order chi connectivity index (χ0) is 14.0. The van der Waals surface area contributed by atoms with Gasteiger partial charge in [0.1, 0.15) is 11.3 Å². The molecule has 100 valence electrons. The van der Waals surface area contributed by atoms with Crippen molar-refractivity contribution in [3.05, 3.63) is 41.0 Å². The lowest BCUT2D eigenvalue weighted by atomic mass is 10.0. The highest BCUT2D eigenvalue weighted by Crippen LogP contribution is 2.28. The summed E-state index contributed by atoms with van der Waals surface area (Å²) in [5.74, 6) is -1.20. The molecule has 0 saturated heterocycles. The Morgan fingerprint density at radius 1 is 1.32 bits per heavy atom. The van der Waals surface area contributed by atoms with Crippen LogP contribution in [0.4, 0.5) is 0 Å². The van der Waals surface area contributed by atoms with Crippen LogP contribution < -0.4 is 0 Å². The van der Waals surface area contributed by atoms with Gasteiger partial charge in [0.25, 0.3) is 0 Å². The number of carboxylic acids is 1. The largest absolute Gasteiger partial charge is 0.481 e. The first kappa shape index (κ1) is 13.7.